The Morgan fingerprint density at radius 2 is 1.85 bits per heavy atom. The van der Waals surface area contributed by atoms with Gasteiger partial charge in [-0.15, -0.1) is 0 Å². The average Bonchev–Trinajstić information content (AvgIpc) is 3.35. The first-order valence-electron chi connectivity index (χ1n) is 9.31. The van der Waals surface area contributed by atoms with Crippen LogP contribution in [0.15, 0.2) is 68.2 Å². The molecule has 0 spiro atoms. The number of para-hydroxylation sites is 1. The Labute approximate surface area is 189 Å². The van der Waals surface area contributed by atoms with E-state index in [0.29, 0.717) is 17.8 Å². The molecule has 4 rings (SSSR count). The first-order valence-corrected chi connectivity index (χ1v) is 10.8. The molecular weight excluding hydrogens is 481 g/mol. The second kappa shape index (κ2) is 9.43. The van der Waals surface area contributed by atoms with Gasteiger partial charge in [0.2, 0.25) is 0 Å². The Morgan fingerprint density at radius 3 is 2.50 bits per heavy atom. The lowest BCUT2D eigenvalue weighted by molar-refractivity contribution is -0.192. The molecule has 0 unspecified atom stereocenters. The molecule has 2 aliphatic heterocycles. The van der Waals surface area contributed by atoms with Crippen LogP contribution in [0.1, 0.15) is 16.1 Å². The van der Waals surface area contributed by atoms with E-state index in [1.165, 1.54) is 18.4 Å². The van der Waals surface area contributed by atoms with Crippen LogP contribution in [0.5, 0.6) is 0 Å². The van der Waals surface area contributed by atoms with Crippen LogP contribution >= 0.6 is 0 Å². The number of hydrogen-bond donors (Lipinski definition) is 2. The quantitative estimate of drug-likeness (QED) is 0.615. The van der Waals surface area contributed by atoms with Gasteiger partial charge in [-0.05, 0) is 18.2 Å². The van der Waals surface area contributed by atoms with E-state index in [1.807, 2.05) is 18.2 Å². The second-order valence-electron chi connectivity index (χ2n) is 6.76. The summed E-state index contributed by atoms with van der Waals surface area (Å²) in [5.74, 6) is -3.85. The molecule has 0 atom stereocenters. The topological polar surface area (TPSA) is 151 Å². The van der Waals surface area contributed by atoms with Crippen LogP contribution in [0.25, 0.3) is 16.5 Å². The second-order valence-corrected chi connectivity index (χ2v) is 8.27. The van der Waals surface area contributed by atoms with E-state index in [2.05, 4.69) is 14.6 Å². The average molecular weight is 496 g/mol. The number of rotatable bonds is 1. The normalized spacial score (nSPS) is 19.6. The number of azo groups is 1. The molecule has 0 fully saturated rings. The number of aliphatic carboxylic acids is 1. The van der Waals surface area contributed by atoms with Crippen LogP contribution < -0.4 is 0 Å². The zero-order valence-corrected chi connectivity index (χ0v) is 17.8. The summed E-state index contributed by atoms with van der Waals surface area (Å²) in [6, 6.07) is 7.13. The van der Waals surface area contributed by atoms with Crippen molar-refractivity contribution >= 4 is 44.7 Å². The third-order valence-electron chi connectivity index (χ3n) is 4.53. The summed E-state index contributed by atoms with van der Waals surface area (Å²) in [5.41, 5.74) is 3.01. The van der Waals surface area contributed by atoms with Crippen LogP contribution in [-0.4, -0.2) is 54.1 Å². The fourth-order valence-corrected chi connectivity index (χ4v) is 3.81. The number of aromatic nitrogens is 1. The van der Waals surface area contributed by atoms with Gasteiger partial charge in [-0.2, -0.15) is 36.2 Å². The molecule has 0 amide bonds. The number of hydrogen-bond acceptors (Lipinski definition) is 6. The monoisotopic (exact) mass is 496 g/mol. The highest BCUT2D eigenvalue weighted by molar-refractivity contribution is 7.93. The molecule has 0 aliphatic carbocycles. The largest absolute Gasteiger partial charge is 0.490 e. The number of halogens is 3. The lowest BCUT2D eigenvalue weighted by Crippen LogP contribution is -2.21. The maximum Gasteiger partial charge on any atom is 0.490 e. The number of carboxylic acid groups (broad SMARTS) is 2. The van der Waals surface area contributed by atoms with Gasteiger partial charge in [-0.1, -0.05) is 24.3 Å². The lowest BCUT2D eigenvalue weighted by atomic mass is 10.0. The first-order chi connectivity index (χ1) is 15.9. The van der Waals surface area contributed by atoms with Crippen molar-refractivity contribution in [2.75, 3.05) is 6.54 Å². The Balaban J connectivity index is 0.000000406. The summed E-state index contributed by atoms with van der Waals surface area (Å²) < 4.78 is 60.7. The molecule has 0 radical (unpaired) electrons. The van der Waals surface area contributed by atoms with E-state index in [9.17, 15) is 31.5 Å². The van der Waals surface area contributed by atoms with Crippen LogP contribution in [-0.2, 0) is 21.4 Å². The van der Waals surface area contributed by atoms with E-state index >= 15 is 0 Å². The van der Waals surface area contributed by atoms with Gasteiger partial charge in [-0.3, -0.25) is 0 Å². The summed E-state index contributed by atoms with van der Waals surface area (Å²) in [6.07, 6.45) is 0.608. The first kappa shape index (κ1) is 24.6. The van der Waals surface area contributed by atoms with Gasteiger partial charge in [-0.25, -0.2) is 9.59 Å². The van der Waals surface area contributed by atoms with E-state index in [1.54, 1.807) is 16.7 Å². The minimum atomic E-state index is -5.08. The Kier molecular flexibility index (Phi) is 6.81. The number of aromatic carboxylic acids is 1. The molecule has 0 saturated heterocycles. The van der Waals surface area contributed by atoms with Gasteiger partial charge in [0.05, 0.1) is 23.2 Å². The predicted octanol–water partition coefficient (Wildman–Crippen LogP) is 3.63. The van der Waals surface area contributed by atoms with E-state index in [-0.39, 0.29) is 12.2 Å². The summed E-state index contributed by atoms with van der Waals surface area (Å²) in [5, 5.41) is 26.6. The lowest BCUT2D eigenvalue weighted by Gasteiger charge is -2.11. The molecule has 2 aromatic rings. The highest BCUT2D eigenvalue weighted by atomic mass is 32.2. The minimum absolute atomic E-state index is 0.0707. The molecule has 0 saturated carbocycles. The summed E-state index contributed by atoms with van der Waals surface area (Å²) >= 11 is 0. The van der Waals surface area contributed by atoms with E-state index in [4.69, 9.17) is 9.90 Å². The van der Waals surface area contributed by atoms with Crippen molar-refractivity contribution in [3.8, 4) is 0 Å². The van der Waals surface area contributed by atoms with Crippen LogP contribution in [0.3, 0.4) is 0 Å². The maximum atomic E-state index is 11.9. The molecule has 34 heavy (non-hydrogen) atoms. The van der Waals surface area contributed by atoms with E-state index in [0.717, 1.165) is 21.9 Å². The van der Waals surface area contributed by atoms with Crippen molar-refractivity contribution in [3.63, 3.8) is 0 Å². The number of benzene rings is 1. The van der Waals surface area contributed by atoms with Gasteiger partial charge >= 0.3 is 18.1 Å². The standard InChI is InChI=1S/C18H14N4O4S.C2HF3O2/c23-18(24)16-10-12-4-1-5-13-14-11-19-21-15(14)6-2-7-20-27(25,26)9-3-8-22(16)17(12)13;3-2(4,5)1(6)7/h1-7,9-10H,8,11H2,(H,23,24);(H,6,7)/b6-2-,9-3-,20-7-;. The number of fused-ring (bicyclic) bond motifs is 1. The fraction of sp³-hybridized carbons (Fsp3) is 0.150. The number of nitrogens with zero attached hydrogens (tertiary/aromatic N) is 4. The minimum Gasteiger partial charge on any atom is -0.477 e. The Bertz CT molecular complexity index is 1420. The maximum absolute atomic E-state index is 11.9. The van der Waals surface area contributed by atoms with Crippen molar-refractivity contribution in [3.05, 3.63) is 64.9 Å². The third-order valence-corrected chi connectivity index (χ3v) is 5.48. The zero-order valence-electron chi connectivity index (χ0n) is 17.0. The van der Waals surface area contributed by atoms with Crippen LogP contribution in [0.2, 0.25) is 0 Å². The zero-order chi connectivity index (χ0) is 25.1. The van der Waals surface area contributed by atoms with E-state index < -0.39 is 28.1 Å². The molecule has 178 valence electrons. The number of carboxylic acids is 2. The highest BCUT2D eigenvalue weighted by Crippen LogP contribution is 2.33. The van der Waals surface area contributed by atoms with Gasteiger partial charge in [0.25, 0.3) is 10.0 Å². The number of sulfonamides is 1. The summed E-state index contributed by atoms with van der Waals surface area (Å²) in [4.78, 5) is 20.6. The SMILES string of the molecule is O=C(O)C(F)(F)F.O=C(O)c1cc2cccc3c2n1C/C=C\S(=O)(=O)/N=C\C=C/C1=C3CN=N1. The molecule has 1 aromatic carbocycles. The Hall–Kier alpha value is -4.07. The molecule has 0 bridgehead atoms. The smallest absolute Gasteiger partial charge is 0.477 e. The number of allylic oxidation sites excluding steroid dienone is 3. The molecule has 1 aromatic heterocycles. The predicted molar refractivity (Wildman–Crippen MR) is 115 cm³/mol. The fourth-order valence-electron chi connectivity index (χ4n) is 3.18. The summed E-state index contributed by atoms with van der Waals surface area (Å²) in [6.45, 7) is 0.429. The molecule has 2 aliphatic rings. The van der Waals surface area contributed by atoms with Gasteiger partial charge < -0.3 is 14.8 Å². The summed E-state index contributed by atoms with van der Waals surface area (Å²) in [7, 11) is -3.80. The van der Waals surface area contributed by atoms with Gasteiger partial charge in [0.15, 0.2) is 0 Å². The van der Waals surface area contributed by atoms with Crippen molar-refractivity contribution in [2.24, 2.45) is 14.6 Å². The molecular formula is C20H15F3N4O6S. The van der Waals surface area contributed by atoms with Crippen molar-refractivity contribution in [1.82, 2.24) is 4.57 Å². The van der Waals surface area contributed by atoms with Crippen molar-refractivity contribution < 1.29 is 41.4 Å². The molecule has 10 nitrogen and oxygen atoms in total. The van der Waals surface area contributed by atoms with Gasteiger partial charge in [0, 0.05) is 29.3 Å². The van der Waals surface area contributed by atoms with Crippen LogP contribution in [0, 0.1) is 0 Å². The van der Waals surface area contributed by atoms with Crippen molar-refractivity contribution in [2.45, 2.75) is 12.7 Å². The Morgan fingerprint density at radius 1 is 1.15 bits per heavy atom. The van der Waals surface area contributed by atoms with Gasteiger partial charge in [0.1, 0.15) is 5.69 Å². The molecule has 14 heteroatoms. The van der Waals surface area contributed by atoms with Crippen LogP contribution in [0.4, 0.5) is 13.2 Å². The van der Waals surface area contributed by atoms with Crippen molar-refractivity contribution in [1.29, 1.82) is 0 Å². The molecule has 2 N–H and O–H groups in total. The third kappa shape index (κ3) is 5.46. The highest BCUT2D eigenvalue weighted by Gasteiger charge is 2.38. The molecule has 3 heterocycles. The number of carbonyl (C=O) groups is 2. The number of alkyl halides is 3.